The molecule has 2 aromatic rings. The van der Waals surface area contributed by atoms with Gasteiger partial charge < -0.3 is 15.5 Å². The molecule has 4 nitrogen and oxygen atoms in total. The first-order chi connectivity index (χ1) is 10.3. The van der Waals surface area contributed by atoms with Crippen LogP contribution >= 0.6 is 23.2 Å². The Bertz CT molecular complexity index is 663. The molecule has 1 unspecified atom stereocenters. The summed E-state index contributed by atoms with van der Waals surface area (Å²) in [5, 5.41) is 23.0. The lowest BCUT2D eigenvalue weighted by atomic mass is 10.1. The predicted molar refractivity (Wildman–Crippen MR) is 86.6 cm³/mol. The first-order valence-corrected chi connectivity index (χ1v) is 7.33. The maximum Gasteiger partial charge on any atom is 0.251 e. The largest absolute Gasteiger partial charge is 0.508 e. The van der Waals surface area contributed by atoms with Crippen molar-refractivity contribution in [2.24, 2.45) is 0 Å². The van der Waals surface area contributed by atoms with Crippen LogP contribution in [-0.2, 0) is 0 Å². The molecule has 2 rings (SSSR count). The second kappa shape index (κ2) is 7.01. The lowest BCUT2D eigenvalue weighted by molar-refractivity contribution is 0.0916. The van der Waals surface area contributed by atoms with Crippen LogP contribution in [0.25, 0.3) is 0 Å². The normalized spacial score (nSPS) is 12.0. The number of amides is 1. The number of carbonyl (C=O) groups excluding carboxylic acids is 1. The summed E-state index contributed by atoms with van der Waals surface area (Å²) in [6, 6.07) is 9.31. The summed E-state index contributed by atoms with van der Waals surface area (Å²) in [6.45, 7) is 1.78. The van der Waals surface area contributed by atoms with Crippen molar-refractivity contribution in [2.75, 3.05) is 6.54 Å². The van der Waals surface area contributed by atoms with Gasteiger partial charge in [-0.25, -0.2) is 0 Å². The highest BCUT2D eigenvalue weighted by molar-refractivity contribution is 6.34. The zero-order valence-electron chi connectivity index (χ0n) is 11.8. The third kappa shape index (κ3) is 4.37. The van der Waals surface area contributed by atoms with E-state index in [-0.39, 0.29) is 18.2 Å². The number of hydrogen-bond acceptors (Lipinski definition) is 3. The molecule has 0 saturated heterocycles. The Hall–Kier alpha value is -1.75. The van der Waals surface area contributed by atoms with Crippen LogP contribution in [0.4, 0.5) is 0 Å². The van der Waals surface area contributed by atoms with Crippen LogP contribution < -0.4 is 5.32 Å². The molecule has 6 heteroatoms. The quantitative estimate of drug-likeness (QED) is 0.798. The summed E-state index contributed by atoms with van der Waals surface area (Å²) in [5.74, 6) is -0.363. The van der Waals surface area contributed by atoms with Crippen molar-refractivity contribution in [3.8, 4) is 5.75 Å². The summed E-state index contributed by atoms with van der Waals surface area (Å²) in [6.07, 6.45) is -0.932. The molecule has 0 saturated carbocycles. The average Bonchev–Trinajstić information content (AvgIpc) is 2.42. The summed E-state index contributed by atoms with van der Waals surface area (Å²) in [5.41, 5.74) is 1.62. The minimum Gasteiger partial charge on any atom is -0.508 e. The second-order valence-corrected chi connectivity index (χ2v) is 5.86. The number of phenols is 1. The molecule has 0 aliphatic heterocycles. The van der Waals surface area contributed by atoms with E-state index in [1.54, 1.807) is 37.3 Å². The van der Waals surface area contributed by atoms with Crippen molar-refractivity contribution in [3.63, 3.8) is 0 Å². The smallest absolute Gasteiger partial charge is 0.251 e. The SMILES string of the molecule is Cc1cc(O)cc(C(=O)NCC(O)c2cc(Cl)cc(Cl)c2)c1. The molecule has 0 bridgehead atoms. The number of aryl methyl sites for hydroxylation is 1. The fourth-order valence-corrected chi connectivity index (χ4v) is 2.61. The van der Waals surface area contributed by atoms with Crippen LogP contribution in [0, 0.1) is 6.92 Å². The van der Waals surface area contributed by atoms with Gasteiger partial charge in [0.1, 0.15) is 5.75 Å². The minimum atomic E-state index is -0.932. The van der Waals surface area contributed by atoms with Gasteiger partial charge in [-0.05, 0) is 54.4 Å². The van der Waals surface area contributed by atoms with Gasteiger partial charge in [0.15, 0.2) is 0 Å². The van der Waals surface area contributed by atoms with Crippen LogP contribution in [0.5, 0.6) is 5.75 Å². The number of nitrogens with one attached hydrogen (secondary N) is 1. The van der Waals surface area contributed by atoms with Crippen molar-refractivity contribution in [1.82, 2.24) is 5.32 Å². The zero-order valence-corrected chi connectivity index (χ0v) is 13.3. The number of aromatic hydroxyl groups is 1. The molecule has 3 N–H and O–H groups in total. The summed E-state index contributed by atoms with van der Waals surface area (Å²) >= 11 is 11.8. The Kier molecular flexibility index (Phi) is 5.29. The van der Waals surface area contributed by atoms with E-state index in [1.165, 1.54) is 6.07 Å². The molecular weight excluding hydrogens is 325 g/mol. The topological polar surface area (TPSA) is 69.6 Å². The van der Waals surface area contributed by atoms with Gasteiger partial charge in [0.05, 0.1) is 6.10 Å². The first-order valence-electron chi connectivity index (χ1n) is 6.58. The fourth-order valence-electron chi connectivity index (χ4n) is 2.07. The number of halogens is 2. The Morgan fingerprint density at radius 1 is 1.14 bits per heavy atom. The van der Waals surface area contributed by atoms with Crippen molar-refractivity contribution < 1.29 is 15.0 Å². The Morgan fingerprint density at radius 3 is 2.36 bits per heavy atom. The van der Waals surface area contributed by atoms with Crippen molar-refractivity contribution in [3.05, 3.63) is 63.1 Å². The second-order valence-electron chi connectivity index (χ2n) is 4.99. The van der Waals surface area contributed by atoms with Gasteiger partial charge in [-0.15, -0.1) is 0 Å². The molecule has 116 valence electrons. The van der Waals surface area contributed by atoms with E-state index in [4.69, 9.17) is 23.2 Å². The fraction of sp³-hybridized carbons (Fsp3) is 0.188. The number of hydrogen-bond donors (Lipinski definition) is 3. The van der Waals surface area contributed by atoms with Crippen molar-refractivity contribution in [2.45, 2.75) is 13.0 Å². The number of aliphatic hydroxyl groups is 1. The molecule has 1 amide bonds. The van der Waals surface area contributed by atoms with Crippen LogP contribution in [0.3, 0.4) is 0 Å². The van der Waals surface area contributed by atoms with Crippen molar-refractivity contribution in [1.29, 1.82) is 0 Å². The number of aliphatic hydroxyl groups excluding tert-OH is 1. The van der Waals surface area contributed by atoms with Gasteiger partial charge in [0.2, 0.25) is 0 Å². The van der Waals surface area contributed by atoms with Crippen LogP contribution in [0.1, 0.15) is 27.6 Å². The number of phenolic OH excluding ortho intramolecular Hbond substituents is 1. The Morgan fingerprint density at radius 2 is 1.77 bits per heavy atom. The van der Waals surface area contributed by atoms with Gasteiger partial charge in [-0.1, -0.05) is 23.2 Å². The maximum absolute atomic E-state index is 12.0. The Balaban J connectivity index is 2.04. The maximum atomic E-state index is 12.0. The van der Waals surface area contributed by atoms with Gasteiger partial charge in [0.25, 0.3) is 5.91 Å². The Labute approximate surface area is 138 Å². The van der Waals surface area contributed by atoms with Crippen molar-refractivity contribution >= 4 is 29.1 Å². The molecule has 0 aromatic heterocycles. The molecule has 0 spiro atoms. The third-order valence-corrected chi connectivity index (χ3v) is 3.49. The first kappa shape index (κ1) is 16.6. The van der Waals surface area contributed by atoms with E-state index >= 15 is 0 Å². The molecule has 0 fully saturated rings. The number of benzene rings is 2. The summed E-state index contributed by atoms with van der Waals surface area (Å²) in [4.78, 5) is 12.0. The highest BCUT2D eigenvalue weighted by Gasteiger charge is 2.13. The molecule has 1 atom stereocenters. The van der Waals surface area contributed by atoms with E-state index in [9.17, 15) is 15.0 Å². The van der Waals surface area contributed by atoms with Gasteiger partial charge in [0, 0.05) is 22.2 Å². The molecule has 0 radical (unpaired) electrons. The van der Waals surface area contributed by atoms with E-state index in [0.29, 0.717) is 21.2 Å². The van der Waals surface area contributed by atoms with Crippen LogP contribution in [-0.4, -0.2) is 22.7 Å². The molecule has 22 heavy (non-hydrogen) atoms. The highest BCUT2D eigenvalue weighted by atomic mass is 35.5. The highest BCUT2D eigenvalue weighted by Crippen LogP contribution is 2.23. The third-order valence-electron chi connectivity index (χ3n) is 3.05. The average molecular weight is 340 g/mol. The van der Waals surface area contributed by atoms with Crippen LogP contribution in [0.15, 0.2) is 36.4 Å². The molecule has 2 aromatic carbocycles. The van der Waals surface area contributed by atoms with Crippen LogP contribution in [0.2, 0.25) is 10.0 Å². The number of rotatable bonds is 4. The number of carbonyl (C=O) groups is 1. The lowest BCUT2D eigenvalue weighted by Crippen LogP contribution is -2.28. The predicted octanol–water partition coefficient (Wildman–Crippen LogP) is 3.47. The van der Waals surface area contributed by atoms with E-state index in [1.807, 2.05) is 0 Å². The summed E-state index contributed by atoms with van der Waals surface area (Å²) in [7, 11) is 0. The summed E-state index contributed by atoms with van der Waals surface area (Å²) < 4.78 is 0. The molecule has 0 heterocycles. The zero-order chi connectivity index (χ0) is 16.3. The van der Waals surface area contributed by atoms with Gasteiger partial charge >= 0.3 is 0 Å². The van der Waals surface area contributed by atoms with Gasteiger partial charge in [-0.3, -0.25) is 4.79 Å². The minimum absolute atomic E-state index is 0.00417. The van der Waals surface area contributed by atoms with E-state index < -0.39 is 6.10 Å². The molecule has 0 aliphatic rings. The lowest BCUT2D eigenvalue weighted by Gasteiger charge is -2.13. The van der Waals surface area contributed by atoms with E-state index in [0.717, 1.165) is 5.56 Å². The molecular formula is C16H15Cl2NO3. The van der Waals surface area contributed by atoms with E-state index in [2.05, 4.69) is 5.32 Å². The standard InChI is InChI=1S/C16H15Cl2NO3/c1-9-2-11(6-14(20)3-9)16(22)19-8-15(21)10-4-12(17)7-13(18)5-10/h2-7,15,20-21H,8H2,1H3,(H,19,22). The molecule has 0 aliphatic carbocycles. The monoisotopic (exact) mass is 339 g/mol. The van der Waals surface area contributed by atoms with Gasteiger partial charge in [-0.2, -0.15) is 0 Å².